The minimum atomic E-state index is -1.90. The number of hydrogen-bond acceptors (Lipinski definition) is 6. The second-order valence-electron chi connectivity index (χ2n) is 5.99. The summed E-state index contributed by atoms with van der Waals surface area (Å²) in [6, 6.07) is 3.44. The molecule has 3 N–H and O–H groups in total. The van der Waals surface area contributed by atoms with Gasteiger partial charge < -0.3 is 29.7 Å². The maximum absolute atomic E-state index is 12.0. The second kappa shape index (κ2) is 7.87. The molecule has 0 aliphatic heterocycles. The van der Waals surface area contributed by atoms with Crippen LogP contribution < -0.4 is 14.8 Å². The lowest BCUT2D eigenvalue weighted by molar-refractivity contribution is -0.148. The van der Waals surface area contributed by atoms with Gasteiger partial charge in [-0.25, -0.2) is 9.59 Å². The molecule has 1 rings (SSSR count). The lowest BCUT2D eigenvalue weighted by Crippen LogP contribution is -2.42. The number of benzene rings is 1. The maximum Gasteiger partial charge on any atom is 0.408 e. The lowest BCUT2D eigenvalue weighted by atomic mass is 10.00. The summed E-state index contributed by atoms with van der Waals surface area (Å²) in [6.45, 7) is 5.00. The van der Waals surface area contributed by atoms with Crippen molar-refractivity contribution < 1.29 is 34.0 Å². The smallest absolute Gasteiger partial charge is 0.408 e. The van der Waals surface area contributed by atoms with Crippen molar-refractivity contribution in [1.82, 2.24) is 5.32 Å². The molecule has 0 spiro atoms. The Labute approximate surface area is 140 Å². The van der Waals surface area contributed by atoms with Gasteiger partial charge in [0.2, 0.25) is 0 Å². The van der Waals surface area contributed by atoms with Gasteiger partial charge in [0.25, 0.3) is 0 Å². The molecule has 0 saturated carbocycles. The SMILES string of the molecule is COc1cccc(C(NC(=O)OC(C)(C)C)C(O)C(=O)O)c1OC. The number of methoxy groups -OCH3 is 2. The molecule has 0 aliphatic rings. The Bertz CT molecular complexity index is 595. The number of aliphatic hydroxyl groups is 1. The number of aliphatic hydroxyl groups excluding tert-OH is 1. The molecule has 2 atom stereocenters. The Balaban J connectivity index is 3.25. The first-order valence-electron chi connectivity index (χ1n) is 7.22. The van der Waals surface area contributed by atoms with E-state index in [0.29, 0.717) is 5.75 Å². The molecule has 8 nitrogen and oxygen atoms in total. The molecule has 0 bridgehead atoms. The highest BCUT2D eigenvalue weighted by Gasteiger charge is 2.33. The minimum absolute atomic E-state index is 0.210. The van der Waals surface area contributed by atoms with Crippen LogP contribution in [-0.4, -0.2) is 48.2 Å². The van der Waals surface area contributed by atoms with Gasteiger partial charge in [0, 0.05) is 5.56 Å². The van der Waals surface area contributed by atoms with E-state index in [1.165, 1.54) is 20.3 Å². The van der Waals surface area contributed by atoms with Crippen molar-refractivity contribution in [2.75, 3.05) is 14.2 Å². The quantitative estimate of drug-likeness (QED) is 0.721. The molecule has 2 unspecified atom stereocenters. The molecule has 0 heterocycles. The number of carbonyl (C=O) groups is 2. The number of ether oxygens (including phenoxy) is 3. The molecular weight excluding hydrogens is 318 g/mol. The van der Waals surface area contributed by atoms with Gasteiger partial charge in [0.15, 0.2) is 17.6 Å². The first-order valence-corrected chi connectivity index (χ1v) is 7.22. The molecule has 24 heavy (non-hydrogen) atoms. The molecular formula is C16H23NO7. The summed E-state index contributed by atoms with van der Waals surface area (Å²) in [5.74, 6) is -0.953. The fourth-order valence-corrected chi connectivity index (χ4v) is 2.06. The monoisotopic (exact) mass is 341 g/mol. The van der Waals surface area contributed by atoms with Crippen molar-refractivity contribution in [3.05, 3.63) is 23.8 Å². The highest BCUT2D eigenvalue weighted by Crippen LogP contribution is 2.36. The van der Waals surface area contributed by atoms with E-state index in [0.717, 1.165) is 0 Å². The third kappa shape index (κ3) is 5.02. The fraction of sp³-hybridized carbons (Fsp3) is 0.500. The Morgan fingerprint density at radius 3 is 2.25 bits per heavy atom. The second-order valence-corrected chi connectivity index (χ2v) is 5.99. The predicted octanol–water partition coefficient (Wildman–Crippen LogP) is 1.72. The van der Waals surface area contributed by atoms with E-state index in [-0.39, 0.29) is 11.3 Å². The number of nitrogens with one attached hydrogen (secondary N) is 1. The van der Waals surface area contributed by atoms with Crippen molar-refractivity contribution in [1.29, 1.82) is 0 Å². The van der Waals surface area contributed by atoms with Crippen molar-refractivity contribution in [2.45, 2.75) is 38.5 Å². The van der Waals surface area contributed by atoms with E-state index in [2.05, 4.69) is 5.32 Å². The molecule has 1 amide bonds. The van der Waals surface area contributed by atoms with Crippen molar-refractivity contribution in [3.63, 3.8) is 0 Å². The highest BCUT2D eigenvalue weighted by atomic mass is 16.6. The van der Waals surface area contributed by atoms with Crippen molar-refractivity contribution in [2.24, 2.45) is 0 Å². The third-order valence-corrected chi connectivity index (χ3v) is 3.01. The summed E-state index contributed by atoms with van der Waals surface area (Å²) in [6.07, 6.45) is -2.77. The van der Waals surface area contributed by atoms with E-state index in [4.69, 9.17) is 19.3 Å². The number of para-hydroxylation sites is 1. The van der Waals surface area contributed by atoms with E-state index in [1.54, 1.807) is 32.9 Å². The van der Waals surface area contributed by atoms with Crippen LogP contribution in [0.2, 0.25) is 0 Å². The number of amides is 1. The summed E-state index contributed by atoms with van der Waals surface area (Å²) in [5, 5.41) is 21.5. The first-order chi connectivity index (χ1) is 11.1. The molecule has 0 saturated heterocycles. The Hall–Kier alpha value is -2.48. The van der Waals surface area contributed by atoms with Gasteiger partial charge in [-0.3, -0.25) is 0 Å². The number of hydrogen-bond donors (Lipinski definition) is 3. The molecule has 0 aromatic heterocycles. The van der Waals surface area contributed by atoms with E-state index in [1.807, 2.05) is 0 Å². The van der Waals surface area contributed by atoms with Crippen LogP contribution in [-0.2, 0) is 9.53 Å². The fourth-order valence-electron chi connectivity index (χ4n) is 2.06. The summed E-state index contributed by atoms with van der Waals surface area (Å²) in [4.78, 5) is 23.2. The third-order valence-electron chi connectivity index (χ3n) is 3.01. The van der Waals surface area contributed by atoms with E-state index < -0.39 is 29.8 Å². The average molecular weight is 341 g/mol. The Morgan fingerprint density at radius 2 is 1.79 bits per heavy atom. The van der Waals surface area contributed by atoms with Crippen LogP contribution >= 0.6 is 0 Å². The van der Waals surface area contributed by atoms with Crippen LogP contribution in [0.3, 0.4) is 0 Å². The number of aliphatic carboxylic acids is 1. The van der Waals surface area contributed by atoms with Crippen LogP contribution in [0.4, 0.5) is 4.79 Å². The van der Waals surface area contributed by atoms with Crippen LogP contribution in [0, 0.1) is 0 Å². The number of carboxylic acids is 1. The molecule has 0 radical (unpaired) electrons. The van der Waals surface area contributed by atoms with Gasteiger partial charge in [-0.2, -0.15) is 0 Å². The zero-order valence-corrected chi connectivity index (χ0v) is 14.3. The largest absolute Gasteiger partial charge is 0.493 e. The number of carbonyl (C=O) groups excluding carboxylic acids is 1. The van der Waals surface area contributed by atoms with Crippen LogP contribution in [0.5, 0.6) is 11.5 Å². The van der Waals surface area contributed by atoms with Crippen LogP contribution in [0.1, 0.15) is 32.4 Å². The summed E-state index contributed by atoms with van der Waals surface area (Å²) in [5.41, 5.74) is -0.529. The lowest BCUT2D eigenvalue weighted by Gasteiger charge is -2.26. The van der Waals surface area contributed by atoms with Gasteiger partial charge in [0.1, 0.15) is 5.60 Å². The minimum Gasteiger partial charge on any atom is -0.493 e. The summed E-state index contributed by atoms with van der Waals surface area (Å²) in [7, 11) is 2.80. The molecule has 134 valence electrons. The predicted molar refractivity (Wildman–Crippen MR) is 85.3 cm³/mol. The zero-order chi connectivity index (χ0) is 18.5. The normalized spacial score (nSPS) is 13.6. The number of rotatable bonds is 6. The Morgan fingerprint density at radius 1 is 1.17 bits per heavy atom. The van der Waals surface area contributed by atoms with Crippen molar-refractivity contribution >= 4 is 12.1 Å². The standard InChI is InChI=1S/C16H23NO7/c1-16(2,3)24-15(21)17-11(12(18)14(19)20)9-7-6-8-10(22-4)13(9)23-5/h6-8,11-12,18H,1-5H3,(H,17,21)(H,19,20). The summed E-state index contributed by atoms with van der Waals surface area (Å²) < 4.78 is 15.5. The molecule has 8 heteroatoms. The molecule has 1 aromatic carbocycles. The average Bonchev–Trinajstić information content (AvgIpc) is 2.49. The summed E-state index contributed by atoms with van der Waals surface area (Å²) >= 11 is 0. The van der Waals surface area contributed by atoms with Gasteiger partial charge in [0.05, 0.1) is 20.3 Å². The molecule has 1 aromatic rings. The highest BCUT2D eigenvalue weighted by molar-refractivity contribution is 5.76. The van der Waals surface area contributed by atoms with E-state index in [9.17, 15) is 14.7 Å². The van der Waals surface area contributed by atoms with Crippen LogP contribution in [0.25, 0.3) is 0 Å². The number of alkyl carbamates (subject to hydrolysis) is 1. The van der Waals surface area contributed by atoms with Crippen LogP contribution in [0.15, 0.2) is 18.2 Å². The molecule has 0 fully saturated rings. The maximum atomic E-state index is 12.0. The topological polar surface area (TPSA) is 114 Å². The zero-order valence-electron chi connectivity index (χ0n) is 14.3. The number of carboxylic acid groups (broad SMARTS) is 1. The van der Waals surface area contributed by atoms with Gasteiger partial charge >= 0.3 is 12.1 Å². The first kappa shape index (κ1) is 19.6. The Kier molecular flexibility index (Phi) is 6.42. The van der Waals surface area contributed by atoms with E-state index >= 15 is 0 Å². The molecule has 0 aliphatic carbocycles. The van der Waals surface area contributed by atoms with Crippen molar-refractivity contribution in [3.8, 4) is 11.5 Å². The van der Waals surface area contributed by atoms with Gasteiger partial charge in [-0.15, -0.1) is 0 Å². The van der Waals surface area contributed by atoms with Gasteiger partial charge in [-0.05, 0) is 26.8 Å². The van der Waals surface area contributed by atoms with Gasteiger partial charge in [-0.1, -0.05) is 12.1 Å².